The molecule has 2 aliphatic rings. The average Bonchev–Trinajstić information content (AvgIpc) is 2.93. The fraction of sp³-hybridized carbons (Fsp3) is 0.643. The molecule has 0 atom stereocenters. The third-order valence-corrected chi connectivity index (χ3v) is 3.89. The molecule has 4 nitrogen and oxygen atoms in total. The third-order valence-electron chi connectivity index (χ3n) is 3.89. The highest BCUT2D eigenvalue weighted by Crippen LogP contribution is 2.47. The van der Waals surface area contributed by atoms with Gasteiger partial charge in [0.25, 0.3) is 0 Å². The van der Waals surface area contributed by atoms with Crippen LogP contribution < -0.4 is 0 Å². The summed E-state index contributed by atoms with van der Waals surface area (Å²) in [5, 5.41) is 4.26. The Morgan fingerprint density at radius 1 is 1.22 bits per heavy atom. The van der Waals surface area contributed by atoms with E-state index in [9.17, 15) is 0 Å². The topological polar surface area (TPSA) is 36.3 Å². The van der Waals surface area contributed by atoms with Crippen LogP contribution in [0.1, 0.15) is 32.4 Å². The van der Waals surface area contributed by atoms with E-state index in [1.165, 1.54) is 0 Å². The zero-order chi connectivity index (χ0) is 12.8. The summed E-state index contributed by atoms with van der Waals surface area (Å²) in [7, 11) is 1.96. The Morgan fingerprint density at radius 3 is 2.56 bits per heavy atom. The van der Waals surface area contributed by atoms with Crippen LogP contribution in [0.5, 0.6) is 0 Å². The van der Waals surface area contributed by atoms with Crippen LogP contribution in [0.3, 0.4) is 0 Å². The van der Waals surface area contributed by atoms with E-state index in [4.69, 9.17) is 9.47 Å². The zero-order valence-electron chi connectivity index (χ0n) is 11.3. The van der Waals surface area contributed by atoms with Gasteiger partial charge in [-0.3, -0.25) is 4.68 Å². The van der Waals surface area contributed by atoms with E-state index in [2.05, 4.69) is 25.0 Å². The van der Waals surface area contributed by atoms with Crippen molar-refractivity contribution in [1.29, 1.82) is 0 Å². The van der Waals surface area contributed by atoms with Gasteiger partial charge in [-0.1, -0.05) is 19.9 Å². The molecule has 4 heteroatoms. The Bertz CT molecular complexity index is 482. The Kier molecular flexibility index (Phi) is 2.61. The summed E-state index contributed by atoms with van der Waals surface area (Å²) in [4.78, 5) is 0. The van der Waals surface area contributed by atoms with E-state index in [1.807, 2.05) is 24.0 Å². The second kappa shape index (κ2) is 3.93. The molecule has 0 unspecified atom stereocenters. The van der Waals surface area contributed by atoms with Crippen molar-refractivity contribution in [3.05, 3.63) is 24.0 Å². The molecule has 1 spiro atoms. The fourth-order valence-corrected chi connectivity index (χ4v) is 2.86. The quantitative estimate of drug-likeness (QED) is 0.765. The van der Waals surface area contributed by atoms with E-state index >= 15 is 0 Å². The van der Waals surface area contributed by atoms with Gasteiger partial charge in [-0.05, 0) is 17.9 Å². The minimum absolute atomic E-state index is 0.181. The van der Waals surface area contributed by atoms with E-state index in [0.29, 0.717) is 13.2 Å². The standard InChI is InChI=1S/C14H20N2O2/c1-13(2)5-6-14(17-8-9-18-14)11(10-13)12-4-7-15-16(12)3/h4,7,10H,5-6,8-9H2,1-3H3. The van der Waals surface area contributed by atoms with Gasteiger partial charge in [0, 0.05) is 25.2 Å². The van der Waals surface area contributed by atoms with Crippen molar-refractivity contribution in [3.63, 3.8) is 0 Å². The number of aromatic nitrogens is 2. The highest BCUT2D eigenvalue weighted by Gasteiger charge is 2.46. The number of ether oxygens (including phenoxy) is 2. The number of hydrogen-bond acceptors (Lipinski definition) is 3. The molecule has 0 radical (unpaired) electrons. The van der Waals surface area contributed by atoms with Gasteiger partial charge in [-0.15, -0.1) is 0 Å². The highest BCUT2D eigenvalue weighted by atomic mass is 16.7. The summed E-state index contributed by atoms with van der Waals surface area (Å²) >= 11 is 0. The lowest BCUT2D eigenvalue weighted by Gasteiger charge is -2.39. The molecule has 0 amide bonds. The molecule has 0 bridgehead atoms. The molecule has 0 aromatic carbocycles. The molecule has 1 aromatic rings. The van der Waals surface area contributed by atoms with Crippen LogP contribution in [0.2, 0.25) is 0 Å². The number of nitrogens with zero attached hydrogens (tertiary/aromatic N) is 2. The van der Waals surface area contributed by atoms with Crippen molar-refractivity contribution >= 4 is 5.57 Å². The number of hydrogen-bond donors (Lipinski definition) is 0. The monoisotopic (exact) mass is 248 g/mol. The fourth-order valence-electron chi connectivity index (χ4n) is 2.86. The molecule has 1 fully saturated rings. The Balaban J connectivity index is 2.10. The summed E-state index contributed by atoms with van der Waals surface area (Å²) in [6.45, 7) is 5.86. The van der Waals surface area contributed by atoms with Crippen LogP contribution in [0.4, 0.5) is 0 Å². The number of rotatable bonds is 1. The second-order valence-corrected chi connectivity index (χ2v) is 5.84. The maximum absolute atomic E-state index is 5.93. The molecular weight excluding hydrogens is 228 g/mol. The summed E-state index contributed by atoms with van der Waals surface area (Å²) in [5.41, 5.74) is 2.40. The molecular formula is C14H20N2O2. The van der Waals surface area contributed by atoms with Crippen LogP contribution in [0, 0.1) is 5.41 Å². The maximum Gasteiger partial charge on any atom is 0.196 e. The van der Waals surface area contributed by atoms with Crippen molar-refractivity contribution in [2.45, 2.75) is 32.5 Å². The minimum atomic E-state index is -0.538. The summed E-state index contributed by atoms with van der Waals surface area (Å²) in [6, 6.07) is 2.03. The van der Waals surface area contributed by atoms with Crippen molar-refractivity contribution in [2.75, 3.05) is 13.2 Å². The number of allylic oxidation sites excluding steroid dienone is 1. The van der Waals surface area contributed by atoms with Gasteiger partial charge in [0.2, 0.25) is 0 Å². The van der Waals surface area contributed by atoms with Crippen LogP contribution in [0.25, 0.3) is 5.57 Å². The third kappa shape index (κ3) is 1.80. The smallest absolute Gasteiger partial charge is 0.196 e. The van der Waals surface area contributed by atoms with E-state index in [-0.39, 0.29) is 5.41 Å². The van der Waals surface area contributed by atoms with Crippen molar-refractivity contribution in [3.8, 4) is 0 Å². The lowest BCUT2D eigenvalue weighted by Crippen LogP contribution is -2.38. The maximum atomic E-state index is 5.93. The van der Waals surface area contributed by atoms with E-state index in [0.717, 1.165) is 24.1 Å². The highest BCUT2D eigenvalue weighted by molar-refractivity contribution is 5.70. The second-order valence-electron chi connectivity index (χ2n) is 5.84. The Labute approximate surface area is 108 Å². The van der Waals surface area contributed by atoms with Gasteiger partial charge in [0.05, 0.1) is 18.9 Å². The normalized spacial score (nSPS) is 25.4. The zero-order valence-corrected chi connectivity index (χ0v) is 11.3. The van der Waals surface area contributed by atoms with Crippen LogP contribution in [-0.2, 0) is 16.5 Å². The van der Waals surface area contributed by atoms with Crippen molar-refractivity contribution in [1.82, 2.24) is 9.78 Å². The summed E-state index contributed by atoms with van der Waals surface area (Å²) in [6.07, 6.45) is 6.10. The molecule has 18 heavy (non-hydrogen) atoms. The van der Waals surface area contributed by atoms with Crippen LogP contribution >= 0.6 is 0 Å². The molecule has 1 aliphatic heterocycles. The molecule has 0 N–H and O–H groups in total. The summed E-state index contributed by atoms with van der Waals surface area (Å²) < 4.78 is 13.8. The lowest BCUT2D eigenvalue weighted by molar-refractivity contribution is -0.120. The van der Waals surface area contributed by atoms with Crippen LogP contribution in [-0.4, -0.2) is 28.8 Å². The SMILES string of the molecule is Cn1nccc1C1=CC(C)(C)CCC12OCCO2. The predicted octanol–water partition coefficient (Wildman–Crippen LogP) is 2.37. The van der Waals surface area contributed by atoms with Gasteiger partial charge in [-0.2, -0.15) is 5.10 Å². The molecule has 98 valence electrons. The number of aryl methyl sites for hydroxylation is 1. The Morgan fingerprint density at radius 2 is 1.94 bits per heavy atom. The van der Waals surface area contributed by atoms with Gasteiger partial charge in [0.1, 0.15) is 0 Å². The molecule has 3 rings (SSSR count). The predicted molar refractivity (Wildman–Crippen MR) is 68.8 cm³/mol. The van der Waals surface area contributed by atoms with Gasteiger partial charge in [0.15, 0.2) is 5.79 Å². The summed E-state index contributed by atoms with van der Waals surface area (Å²) in [5.74, 6) is -0.538. The first-order valence-corrected chi connectivity index (χ1v) is 6.52. The molecule has 0 saturated carbocycles. The molecule has 1 aliphatic carbocycles. The van der Waals surface area contributed by atoms with Crippen molar-refractivity contribution < 1.29 is 9.47 Å². The Hall–Kier alpha value is -1.13. The molecule has 1 aromatic heterocycles. The van der Waals surface area contributed by atoms with Crippen molar-refractivity contribution in [2.24, 2.45) is 12.5 Å². The first kappa shape index (κ1) is 11.9. The van der Waals surface area contributed by atoms with Gasteiger partial charge >= 0.3 is 0 Å². The first-order chi connectivity index (χ1) is 8.53. The molecule has 2 heterocycles. The van der Waals surface area contributed by atoms with E-state index in [1.54, 1.807) is 0 Å². The van der Waals surface area contributed by atoms with Gasteiger partial charge < -0.3 is 9.47 Å². The van der Waals surface area contributed by atoms with E-state index < -0.39 is 5.79 Å². The lowest BCUT2D eigenvalue weighted by atomic mass is 9.76. The van der Waals surface area contributed by atoms with Gasteiger partial charge in [-0.25, -0.2) is 0 Å². The largest absolute Gasteiger partial charge is 0.343 e. The van der Waals surface area contributed by atoms with Crippen LogP contribution in [0.15, 0.2) is 18.3 Å². The average molecular weight is 248 g/mol. The first-order valence-electron chi connectivity index (χ1n) is 6.52. The molecule has 1 saturated heterocycles. The minimum Gasteiger partial charge on any atom is -0.343 e.